The van der Waals surface area contributed by atoms with Crippen LogP contribution in [0.25, 0.3) is 21.5 Å². The number of fused-ring (bicyclic) bond motifs is 2. The zero-order valence-electron chi connectivity index (χ0n) is 26.0. The number of nitrogens with zero attached hydrogens (tertiary/aromatic N) is 4. The molecule has 0 bridgehead atoms. The summed E-state index contributed by atoms with van der Waals surface area (Å²) in [5.74, 6) is -0.174. The Labute approximate surface area is 322 Å². The van der Waals surface area contributed by atoms with E-state index < -0.39 is 30.0 Å². The first kappa shape index (κ1) is 37.8. The molecule has 12 nitrogen and oxygen atoms in total. The van der Waals surface area contributed by atoms with E-state index in [9.17, 15) is 36.2 Å². The van der Waals surface area contributed by atoms with Crippen LogP contribution in [0.5, 0.6) is 11.5 Å². The molecule has 6 rings (SSSR count). The number of benzene rings is 6. The Morgan fingerprint density at radius 3 is 1.24 bits per heavy atom. The Bertz CT molecular complexity index is 2300. The van der Waals surface area contributed by atoms with Crippen LogP contribution in [-0.4, -0.2) is 85.0 Å². The second-order valence-electron chi connectivity index (χ2n) is 10.6. The normalized spacial score (nSPS) is 11.8. The summed E-state index contributed by atoms with van der Waals surface area (Å²) in [6.07, 6.45) is 0. The average Bonchev–Trinajstić information content (AvgIpc) is 3.04. The summed E-state index contributed by atoms with van der Waals surface area (Å²) in [6.45, 7) is 3.35. The molecule has 0 spiro atoms. The van der Waals surface area contributed by atoms with Crippen LogP contribution in [0.2, 0.25) is 0 Å². The van der Waals surface area contributed by atoms with Gasteiger partial charge in [-0.15, -0.1) is 20.5 Å². The molecule has 6 aromatic carbocycles. The summed E-state index contributed by atoms with van der Waals surface area (Å²) in [5, 5.41) is 38.8. The minimum atomic E-state index is -4.68. The predicted molar refractivity (Wildman–Crippen MR) is 184 cm³/mol. The molecule has 6 aromatic rings. The quantitative estimate of drug-likeness (QED) is 0.0956. The third kappa shape index (κ3) is 9.18. The van der Waals surface area contributed by atoms with Crippen molar-refractivity contribution in [2.24, 2.45) is 20.5 Å². The van der Waals surface area contributed by atoms with Crippen molar-refractivity contribution < 1.29 is 36.2 Å². The minimum absolute atomic E-state index is 0. The summed E-state index contributed by atoms with van der Waals surface area (Å²) < 4.78 is 68.3. The molecule has 244 valence electrons. The molecule has 0 aliphatic heterocycles. The third-order valence-corrected chi connectivity index (χ3v) is 8.77. The minimum Gasteiger partial charge on any atom is -0.744 e. The van der Waals surface area contributed by atoms with Crippen LogP contribution in [0, 0.1) is 13.8 Å². The number of phenolic OH excluding ortho intramolecular Hbond substituents is 2. The monoisotopic (exact) mass is 820 g/mol. The average molecular weight is 820 g/mol. The molecule has 2 N–H and O–H groups in total. The Morgan fingerprint density at radius 1 is 0.510 bits per heavy atom. The molecule has 0 aromatic heterocycles. The maximum absolute atomic E-state index is 11.4. The van der Waals surface area contributed by atoms with Gasteiger partial charge in [-0.1, -0.05) is 72.8 Å². The van der Waals surface area contributed by atoms with Gasteiger partial charge < -0.3 is 19.3 Å². The molecule has 0 atom stereocenters. The molecule has 0 radical (unpaired) electrons. The van der Waals surface area contributed by atoms with Crippen molar-refractivity contribution in [2.45, 2.75) is 23.6 Å². The van der Waals surface area contributed by atoms with E-state index in [1.807, 2.05) is 24.3 Å². The summed E-state index contributed by atoms with van der Waals surface area (Å²) >= 11 is 0. The predicted octanol–water partition coefficient (Wildman–Crippen LogP) is 7.97. The van der Waals surface area contributed by atoms with E-state index in [2.05, 4.69) is 20.5 Å². The topological polar surface area (TPSA) is 204 Å². The largest absolute Gasteiger partial charge is 2.00 e. The van der Waals surface area contributed by atoms with Crippen molar-refractivity contribution in [3.63, 3.8) is 0 Å². The molecule has 15 heteroatoms. The summed E-state index contributed by atoms with van der Waals surface area (Å²) in [4.78, 5) is -0.878. The van der Waals surface area contributed by atoms with E-state index in [0.29, 0.717) is 21.9 Å². The maximum Gasteiger partial charge on any atom is 2.00 e. The third-order valence-electron chi connectivity index (χ3n) is 7.04. The van der Waals surface area contributed by atoms with Gasteiger partial charge in [0.25, 0.3) is 0 Å². The van der Waals surface area contributed by atoms with E-state index in [0.717, 1.165) is 10.8 Å². The second-order valence-corrected chi connectivity index (χ2v) is 13.3. The molecule has 0 saturated carbocycles. The van der Waals surface area contributed by atoms with Crippen molar-refractivity contribution in [3.8, 4) is 11.5 Å². The zero-order valence-corrected chi connectivity index (χ0v) is 32.1. The van der Waals surface area contributed by atoms with Gasteiger partial charge in [0.1, 0.15) is 54.5 Å². The van der Waals surface area contributed by atoms with E-state index in [4.69, 9.17) is 0 Å². The van der Waals surface area contributed by atoms with Gasteiger partial charge in [-0.3, -0.25) is 0 Å². The van der Waals surface area contributed by atoms with Crippen LogP contribution in [0.1, 0.15) is 11.1 Å². The van der Waals surface area contributed by atoms with Gasteiger partial charge in [0.15, 0.2) is 0 Å². The van der Waals surface area contributed by atoms with Crippen molar-refractivity contribution in [2.75, 3.05) is 0 Å². The Hall–Kier alpha value is -3.97. The SMILES string of the molecule is Cc1ccc(N=Nc2c(O)ccc3ccccc23)c(S(=O)(=O)[O-])c1.Cc1ccc(N=Nc2c(O)ccc3ccccc23)c(S(=O)(=O)[O-])c1.[Ba+2]. The summed E-state index contributed by atoms with van der Waals surface area (Å²) in [5.41, 5.74) is 1.53. The van der Waals surface area contributed by atoms with Gasteiger partial charge >= 0.3 is 48.9 Å². The number of aryl methyl sites for hydroxylation is 2. The summed E-state index contributed by atoms with van der Waals surface area (Å²) in [6, 6.07) is 29.5. The fourth-order valence-electron chi connectivity index (χ4n) is 4.71. The molecule has 0 fully saturated rings. The molecule has 0 amide bonds. The van der Waals surface area contributed by atoms with E-state index in [1.54, 1.807) is 62.4 Å². The molecular weight excluding hydrogens is 794 g/mol. The first-order chi connectivity index (χ1) is 22.7. The van der Waals surface area contributed by atoms with Crippen LogP contribution in [0.4, 0.5) is 22.7 Å². The van der Waals surface area contributed by atoms with Gasteiger partial charge in [0.2, 0.25) is 0 Å². The first-order valence-electron chi connectivity index (χ1n) is 14.1. The van der Waals surface area contributed by atoms with Crippen LogP contribution in [0.3, 0.4) is 0 Å². The van der Waals surface area contributed by atoms with Crippen LogP contribution >= 0.6 is 0 Å². The van der Waals surface area contributed by atoms with Gasteiger partial charge in [0.05, 0.1) is 9.79 Å². The Balaban J connectivity index is 0.000000216. The molecule has 0 unspecified atom stereocenters. The smallest absolute Gasteiger partial charge is 0.744 e. The van der Waals surface area contributed by atoms with Crippen molar-refractivity contribution >= 4 is 113 Å². The fraction of sp³-hybridized carbons (Fsp3) is 0.0588. The number of phenols is 2. The standard InChI is InChI=1S/2C17H14N2O4S.Ba/c2*1-11-6-8-14(16(10-11)24(21,22)23)18-19-17-13-5-3-2-4-12(13)7-9-15(17)20;/h2*2-10,20H,1H3,(H,21,22,23);/q;;+2/p-2. The van der Waals surface area contributed by atoms with Crippen molar-refractivity contribution in [3.05, 3.63) is 120 Å². The van der Waals surface area contributed by atoms with Gasteiger partial charge in [-0.05, 0) is 72.1 Å². The molecule has 49 heavy (non-hydrogen) atoms. The van der Waals surface area contributed by atoms with Crippen LogP contribution < -0.4 is 0 Å². The van der Waals surface area contributed by atoms with Crippen LogP contribution in [-0.2, 0) is 20.2 Å². The molecule has 0 heterocycles. The van der Waals surface area contributed by atoms with E-state index in [1.165, 1.54) is 36.4 Å². The fourth-order valence-corrected chi connectivity index (χ4v) is 6.10. The van der Waals surface area contributed by atoms with Gasteiger partial charge in [-0.25, -0.2) is 16.8 Å². The number of azo groups is 2. The van der Waals surface area contributed by atoms with E-state index >= 15 is 0 Å². The number of rotatable bonds is 6. The number of hydrogen-bond acceptors (Lipinski definition) is 12. The molecule has 0 aliphatic rings. The number of aromatic hydroxyl groups is 2. The molecule has 0 saturated heterocycles. The van der Waals surface area contributed by atoms with Gasteiger partial charge in [0, 0.05) is 10.8 Å². The van der Waals surface area contributed by atoms with Crippen molar-refractivity contribution in [1.29, 1.82) is 0 Å². The van der Waals surface area contributed by atoms with Crippen LogP contribution in [0.15, 0.2) is 139 Å². The number of hydrogen-bond donors (Lipinski definition) is 2. The summed E-state index contributed by atoms with van der Waals surface area (Å²) in [7, 11) is -9.36. The Morgan fingerprint density at radius 2 is 0.878 bits per heavy atom. The molecule has 0 aliphatic carbocycles. The second kappa shape index (κ2) is 15.7. The van der Waals surface area contributed by atoms with E-state index in [-0.39, 0.29) is 83.1 Å². The zero-order chi connectivity index (χ0) is 34.6. The Kier molecular flexibility index (Phi) is 12.1. The maximum atomic E-state index is 11.4. The molecular formula is C34H26BaN4O8S2. The first-order valence-corrected chi connectivity index (χ1v) is 16.9. The van der Waals surface area contributed by atoms with Crippen molar-refractivity contribution in [1.82, 2.24) is 0 Å². The van der Waals surface area contributed by atoms with Gasteiger partial charge in [-0.2, -0.15) is 0 Å².